The molecular weight excluding hydrogens is 454 g/mol. The lowest BCUT2D eigenvalue weighted by Crippen LogP contribution is -2.44. The molecule has 0 fully saturated rings. The average molecular weight is 480 g/mol. The number of aliphatic hydroxyl groups is 1. The maximum Gasteiger partial charge on any atom is 0.338 e. The van der Waals surface area contributed by atoms with Crippen LogP contribution in [0.2, 0.25) is 0 Å². The van der Waals surface area contributed by atoms with E-state index in [2.05, 4.69) is 0 Å². The van der Waals surface area contributed by atoms with E-state index in [0.717, 1.165) is 5.56 Å². The standard InChI is InChI=1S/C26H25NO6S/c1-15-9-11-16(12-10-15)34(30,31)27-20-8-6-5-7-17(20)23-18-14-22(26(2,3)29)33-25(28)19(18)13-21(32-4)24(23)27/h5-13,22,29H,14H2,1-4H3/t22-/m1/s1. The van der Waals surface area contributed by atoms with Gasteiger partial charge in [-0.3, -0.25) is 0 Å². The smallest absolute Gasteiger partial charge is 0.338 e. The number of rotatable bonds is 4. The zero-order valence-corrected chi connectivity index (χ0v) is 20.1. The first-order valence-electron chi connectivity index (χ1n) is 10.9. The second-order valence-corrected chi connectivity index (χ2v) is 11.0. The first kappa shape index (κ1) is 22.4. The molecule has 2 heterocycles. The number of aryl methyl sites for hydroxylation is 1. The van der Waals surface area contributed by atoms with Gasteiger partial charge >= 0.3 is 5.97 Å². The Bertz CT molecular complexity index is 1560. The molecule has 8 heteroatoms. The zero-order chi connectivity index (χ0) is 24.4. The van der Waals surface area contributed by atoms with Crippen LogP contribution in [0.25, 0.3) is 21.8 Å². The number of fused-ring (bicyclic) bond motifs is 5. The molecule has 0 radical (unpaired) electrons. The lowest BCUT2D eigenvalue weighted by molar-refractivity contribution is -0.0673. The zero-order valence-electron chi connectivity index (χ0n) is 19.3. The van der Waals surface area contributed by atoms with Gasteiger partial charge in [-0.25, -0.2) is 17.2 Å². The second kappa shape index (κ2) is 7.58. The number of cyclic esters (lactones) is 1. The number of nitrogens with zero attached hydrogens (tertiary/aromatic N) is 1. The summed E-state index contributed by atoms with van der Waals surface area (Å²) in [5.41, 5.74) is 1.44. The highest BCUT2D eigenvalue weighted by molar-refractivity contribution is 7.90. The van der Waals surface area contributed by atoms with E-state index in [1.807, 2.05) is 19.1 Å². The molecule has 0 saturated heterocycles. The van der Waals surface area contributed by atoms with Gasteiger partial charge in [0.1, 0.15) is 17.4 Å². The van der Waals surface area contributed by atoms with Gasteiger partial charge in [-0.2, -0.15) is 0 Å². The Morgan fingerprint density at radius 2 is 1.79 bits per heavy atom. The normalized spacial score (nSPS) is 16.5. The van der Waals surface area contributed by atoms with Crippen LogP contribution in [-0.2, 0) is 21.2 Å². The molecular formula is C26H25NO6S. The Hall–Kier alpha value is -3.36. The third kappa shape index (κ3) is 3.28. The Balaban J connectivity index is 1.93. The number of esters is 1. The molecule has 0 unspecified atom stereocenters. The van der Waals surface area contributed by atoms with E-state index in [9.17, 15) is 18.3 Å². The summed E-state index contributed by atoms with van der Waals surface area (Å²) in [6.45, 7) is 5.06. The van der Waals surface area contributed by atoms with Crippen LogP contribution in [-0.4, -0.2) is 42.3 Å². The van der Waals surface area contributed by atoms with Crippen molar-refractivity contribution in [1.29, 1.82) is 0 Å². The first-order valence-corrected chi connectivity index (χ1v) is 12.4. The number of hydrogen-bond donors (Lipinski definition) is 1. The first-order chi connectivity index (χ1) is 16.0. The number of carbonyl (C=O) groups is 1. The molecule has 0 amide bonds. The fourth-order valence-electron chi connectivity index (χ4n) is 4.59. The van der Waals surface area contributed by atoms with E-state index < -0.39 is 27.7 Å². The van der Waals surface area contributed by atoms with E-state index in [4.69, 9.17) is 9.47 Å². The molecule has 1 aliphatic heterocycles. The highest BCUT2D eigenvalue weighted by Gasteiger charge is 2.39. The fourth-order valence-corrected chi connectivity index (χ4v) is 6.12. The summed E-state index contributed by atoms with van der Waals surface area (Å²) in [5.74, 6) is -0.328. The molecule has 0 spiro atoms. The molecule has 7 nitrogen and oxygen atoms in total. The summed E-state index contributed by atoms with van der Waals surface area (Å²) in [4.78, 5) is 13.1. The Labute approximate surface area is 197 Å². The number of carbonyl (C=O) groups excluding carboxylic acids is 1. The summed E-state index contributed by atoms with van der Waals surface area (Å²) in [6.07, 6.45) is -0.538. The van der Waals surface area contributed by atoms with Gasteiger partial charge in [-0.15, -0.1) is 0 Å². The van der Waals surface area contributed by atoms with Crippen LogP contribution in [0.5, 0.6) is 5.75 Å². The van der Waals surface area contributed by atoms with Gasteiger partial charge in [0.2, 0.25) is 0 Å². The van der Waals surface area contributed by atoms with Crippen LogP contribution in [0.1, 0.15) is 35.3 Å². The van der Waals surface area contributed by atoms with E-state index in [0.29, 0.717) is 32.9 Å². The minimum Gasteiger partial charge on any atom is -0.494 e. The summed E-state index contributed by atoms with van der Waals surface area (Å²) in [5, 5.41) is 11.9. The van der Waals surface area contributed by atoms with Crippen LogP contribution in [0.15, 0.2) is 59.5 Å². The summed E-state index contributed by atoms with van der Waals surface area (Å²) in [6, 6.07) is 15.4. The molecule has 1 atom stereocenters. The summed E-state index contributed by atoms with van der Waals surface area (Å²) in [7, 11) is -2.57. The Morgan fingerprint density at radius 1 is 1.12 bits per heavy atom. The van der Waals surface area contributed by atoms with Gasteiger partial charge in [-0.05, 0) is 50.6 Å². The average Bonchev–Trinajstić information content (AvgIpc) is 3.14. The van der Waals surface area contributed by atoms with E-state index in [-0.39, 0.29) is 17.1 Å². The topological polar surface area (TPSA) is 94.8 Å². The lowest BCUT2D eigenvalue weighted by atomic mass is 9.87. The van der Waals surface area contributed by atoms with Crippen molar-refractivity contribution in [3.8, 4) is 5.75 Å². The third-order valence-electron chi connectivity index (χ3n) is 6.39. The fraction of sp³-hybridized carbons (Fsp3) is 0.269. The van der Waals surface area contributed by atoms with Crippen molar-refractivity contribution >= 4 is 37.8 Å². The molecule has 4 aromatic rings. The van der Waals surface area contributed by atoms with E-state index >= 15 is 0 Å². The molecule has 176 valence electrons. The minimum absolute atomic E-state index is 0.148. The maximum absolute atomic E-state index is 13.9. The molecule has 1 aliphatic rings. The summed E-state index contributed by atoms with van der Waals surface area (Å²) < 4.78 is 40.3. The number of methoxy groups -OCH3 is 1. The van der Waals surface area contributed by atoms with Crippen molar-refractivity contribution < 1.29 is 27.8 Å². The van der Waals surface area contributed by atoms with Gasteiger partial charge in [-0.1, -0.05) is 35.9 Å². The number of ether oxygens (including phenoxy) is 2. The van der Waals surface area contributed by atoms with Crippen molar-refractivity contribution in [2.45, 2.75) is 43.8 Å². The van der Waals surface area contributed by atoms with Crippen molar-refractivity contribution in [1.82, 2.24) is 3.97 Å². The van der Waals surface area contributed by atoms with Crippen molar-refractivity contribution in [2.24, 2.45) is 0 Å². The molecule has 3 aromatic carbocycles. The number of aromatic nitrogens is 1. The largest absolute Gasteiger partial charge is 0.494 e. The molecule has 0 saturated carbocycles. The van der Waals surface area contributed by atoms with E-state index in [1.165, 1.54) is 17.1 Å². The SMILES string of the molecule is COc1cc2c(c3c4ccccc4n(S(=O)(=O)c4ccc(C)cc4)c13)C[C@H](C(C)(C)O)OC2=O. The van der Waals surface area contributed by atoms with Gasteiger partial charge in [0.15, 0.2) is 0 Å². The second-order valence-electron chi connectivity index (χ2n) is 9.18. The molecule has 1 aromatic heterocycles. The van der Waals surface area contributed by atoms with Crippen molar-refractivity contribution in [3.05, 3.63) is 71.3 Å². The van der Waals surface area contributed by atoms with Crippen molar-refractivity contribution in [3.63, 3.8) is 0 Å². The van der Waals surface area contributed by atoms with Crippen LogP contribution < -0.4 is 4.74 Å². The number of benzene rings is 3. The van der Waals surface area contributed by atoms with Crippen LogP contribution in [0.3, 0.4) is 0 Å². The van der Waals surface area contributed by atoms with Crippen molar-refractivity contribution in [2.75, 3.05) is 7.11 Å². The van der Waals surface area contributed by atoms with E-state index in [1.54, 1.807) is 50.2 Å². The maximum atomic E-state index is 13.9. The van der Waals surface area contributed by atoms with Gasteiger partial charge in [0.25, 0.3) is 10.0 Å². The van der Waals surface area contributed by atoms with Crippen LogP contribution in [0, 0.1) is 6.92 Å². The predicted octanol–water partition coefficient (Wildman–Crippen LogP) is 4.20. The quantitative estimate of drug-likeness (QED) is 0.441. The molecule has 34 heavy (non-hydrogen) atoms. The highest BCUT2D eigenvalue weighted by Crippen LogP contribution is 2.43. The highest BCUT2D eigenvalue weighted by atomic mass is 32.2. The molecule has 5 rings (SSSR count). The molecule has 0 aliphatic carbocycles. The van der Waals surface area contributed by atoms with Crippen LogP contribution in [0.4, 0.5) is 0 Å². The minimum atomic E-state index is -4.01. The number of para-hydroxylation sites is 1. The monoisotopic (exact) mass is 479 g/mol. The Kier molecular flexibility index (Phi) is 5.00. The molecule has 0 bridgehead atoms. The van der Waals surface area contributed by atoms with Gasteiger partial charge in [0, 0.05) is 17.2 Å². The number of hydrogen-bond acceptors (Lipinski definition) is 6. The van der Waals surface area contributed by atoms with Gasteiger partial charge in [0.05, 0.1) is 28.7 Å². The third-order valence-corrected chi connectivity index (χ3v) is 8.12. The lowest BCUT2D eigenvalue weighted by Gasteiger charge is -2.33. The Morgan fingerprint density at radius 3 is 2.44 bits per heavy atom. The summed E-state index contributed by atoms with van der Waals surface area (Å²) >= 11 is 0. The van der Waals surface area contributed by atoms with Crippen LogP contribution >= 0.6 is 0 Å². The predicted molar refractivity (Wildman–Crippen MR) is 129 cm³/mol. The molecule has 1 N–H and O–H groups in total. The van der Waals surface area contributed by atoms with Gasteiger partial charge < -0.3 is 14.6 Å².